The number of aliphatic hydroxyl groups is 3. The number of carbonyl (C=O) groups excluding carboxylic acids is 4. The Morgan fingerprint density at radius 3 is 2.38 bits per heavy atom. The number of hydrogen-bond donors (Lipinski definition) is 7. The van der Waals surface area contributed by atoms with Crippen molar-refractivity contribution in [2.24, 2.45) is 17.6 Å². The molecular formula is C27H31F3N4O8. The van der Waals surface area contributed by atoms with E-state index in [0.29, 0.717) is 19.0 Å². The molecule has 1 saturated carbocycles. The lowest BCUT2D eigenvalue weighted by Gasteiger charge is -2.50. The molecular weight excluding hydrogens is 565 g/mol. The summed E-state index contributed by atoms with van der Waals surface area (Å²) < 4.78 is 42.8. The van der Waals surface area contributed by atoms with Crippen molar-refractivity contribution in [3.63, 3.8) is 0 Å². The van der Waals surface area contributed by atoms with E-state index in [4.69, 9.17) is 5.73 Å². The number of phenols is 1. The maximum atomic E-state index is 14.3. The lowest BCUT2D eigenvalue weighted by molar-refractivity contribution is -0.153. The normalized spacial score (nSPS) is 25.8. The third-order valence-electron chi connectivity index (χ3n) is 8.01. The van der Waals surface area contributed by atoms with Gasteiger partial charge in [0.2, 0.25) is 11.7 Å². The summed E-state index contributed by atoms with van der Waals surface area (Å²) in [5.74, 6) is -10.5. The van der Waals surface area contributed by atoms with Gasteiger partial charge in [-0.15, -0.1) is 0 Å². The minimum Gasteiger partial charge on any atom is -0.508 e. The molecule has 0 bridgehead atoms. The summed E-state index contributed by atoms with van der Waals surface area (Å²) in [6.07, 6.45) is -5.26. The van der Waals surface area contributed by atoms with Crippen molar-refractivity contribution >= 4 is 34.8 Å². The molecule has 12 nitrogen and oxygen atoms in total. The van der Waals surface area contributed by atoms with Gasteiger partial charge in [-0.05, 0) is 57.5 Å². The number of alkyl halides is 3. The second-order valence-corrected chi connectivity index (χ2v) is 10.9. The number of Topliss-reactive ketones (excluding diaryl/α,β-unsaturated/α-hetero) is 2. The second-order valence-electron chi connectivity index (χ2n) is 10.9. The first-order chi connectivity index (χ1) is 19.5. The van der Waals surface area contributed by atoms with Gasteiger partial charge in [-0.1, -0.05) is 6.92 Å². The van der Waals surface area contributed by atoms with Crippen LogP contribution >= 0.6 is 0 Å². The molecule has 1 fully saturated rings. The number of nitrogens with one attached hydrogen (secondary N) is 2. The molecule has 15 heteroatoms. The lowest BCUT2D eigenvalue weighted by atomic mass is 9.57. The molecule has 0 aliphatic heterocycles. The van der Waals surface area contributed by atoms with Crippen LogP contribution in [0.3, 0.4) is 0 Å². The van der Waals surface area contributed by atoms with E-state index >= 15 is 0 Å². The molecule has 0 aromatic heterocycles. The van der Waals surface area contributed by atoms with Crippen molar-refractivity contribution in [1.82, 2.24) is 10.2 Å². The number of amides is 2. The Morgan fingerprint density at radius 1 is 1.19 bits per heavy atom. The molecule has 3 aliphatic rings. The average Bonchev–Trinajstić information content (AvgIpc) is 2.86. The maximum absolute atomic E-state index is 14.3. The number of primary amides is 1. The van der Waals surface area contributed by atoms with Gasteiger partial charge in [0.25, 0.3) is 5.91 Å². The number of hydrogen-bond acceptors (Lipinski definition) is 10. The number of benzene rings is 1. The van der Waals surface area contributed by atoms with Crippen LogP contribution in [0, 0.1) is 11.8 Å². The van der Waals surface area contributed by atoms with Crippen molar-refractivity contribution < 1.29 is 52.8 Å². The molecule has 0 heterocycles. The zero-order valence-electron chi connectivity index (χ0n) is 22.9. The first-order valence-electron chi connectivity index (χ1n) is 13.1. The Balaban J connectivity index is 1.93. The molecule has 0 unspecified atom stereocenters. The molecule has 42 heavy (non-hydrogen) atoms. The zero-order valence-corrected chi connectivity index (χ0v) is 22.9. The van der Waals surface area contributed by atoms with E-state index in [1.54, 1.807) is 0 Å². The van der Waals surface area contributed by atoms with Gasteiger partial charge in [-0.25, -0.2) is 0 Å². The minimum atomic E-state index is -5.01. The highest BCUT2D eigenvalue weighted by atomic mass is 19.4. The Morgan fingerprint density at radius 2 is 1.83 bits per heavy atom. The van der Waals surface area contributed by atoms with Crippen LogP contribution in [0.2, 0.25) is 0 Å². The number of nitrogens with zero attached hydrogens (tertiary/aromatic N) is 1. The third kappa shape index (κ3) is 4.70. The number of anilines is 1. The number of aromatic hydroxyl groups is 1. The topological polar surface area (TPSA) is 203 Å². The Labute approximate surface area is 237 Å². The number of halogens is 3. The van der Waals surface area contributed by atoms with Crippen LogP contribution in [0.1, 0.15) is 36.5 Å². The number of nitrogens with two attached hydrogens (primary N) is 1. The molecule has 8 N–H and O–H groups in total. The Kier molecular flexibility index (Phi) is 7.90. The van der Waals surface area contributed by atoms with Crippen LogP contribution in [0.4, 0.5) is 18.9 Å². The van der Waals surface area contributed by atoms with Crippen LogP contribution in [0.25, 0.3) is 5.76 Å². The van der Waals surface area contributed by atoms with Gasteiger partial charge >= 0.3 is 6.18 Å². The van der Waals surface area contributed by atoms with Crippen LogP contribution in [-0.4, -0.2) is 87.5 Å². The van der Waals surface area contributed by atoms with Gasteiger partial charge in [0.1, 0.15) is 22.8 Å². The second kappa shape index (κ2) is 10.7. The summed E-state index contributed by atoms with van der Waals surface area (Å²) in [5.41, 5.74) is -2.60. The fraction of sp³-hybridized carbons (Fsp3) is 0.481. The Bertz CT molecular complexity index is 1450. The minimum absolute atomic E-state index is 0.284. The fourth-order valence-corrected chi connectivity index (χ4v) is 6.23. The van der Waals surface area contributed by atoms with Gasteiger partial charge in [-0.2, -0.15) is 13.2 Å². The largest absolute Gasteiger partial charge is 0.508 e. The van der Waals surface area contributed by atoms with Gasteiger partial charge in [0.05, 0.1) is 29.4 Å². The highest BCUT2D eigenvalue weighted by Gasteiger charge is 2.64. The van der Waals surface area contributed by atoms with E-state index in [9.17, 15) is 52.8 Å². The number of fused-ring (bicyclic) bond motifs is 3. The predicted molar refractivity (Wildman–Crippen MR) is 141 cm³/mol. The van der Waals surface area contributed by atoms with Crippen molar-refractivity contribution in [2.45, 2.75) is 44.0 Å². The van der Waals surface area contributed by atoms with E-state index in [-0.39, 0.29) is 13.0 Å². The molecule has 0 radical (unpaired) electrons. The molecule has 228 valence electrons. The average molecular weight is 597 g/mol. The summed E-state index contributed by atoms with van der Waals surface area (Å²) in [4.78, 5) is 52.7. The number of likely N-dealkylation sites (N-methyl/N-ethyl adjacent to an activating group) is 1. The van der Waals surface area contributed by atoms with Crippen LogP contribution < -0.4 is 16.4 Å². The monoisotopic (exact) mass is 596 g/mol. The van der Waals surface area contributed by atoms with Gasteiger partial charge in [-0.3, -0.25) is 24.1 Å². The molecule has 3 aliphatic carbocycles. The first-order valence-corrected chi connectivity index (χ1v) is 13.1. The van der Waals surface area contributed by atoms with Crippen molar-refractivity contribution in [3.8, 4) is 5.75 Å². The van der Waals surface area contributed by atoms with Crippen LogP contribution in [0.15, 0.2) is 23.0 Å². The molecule has 4 atom stereocenters. The predicted octanol–water partition coefficient (Wildman–Crippen LogP) is 0.921. The maximum Gasteiger partial charge on any atom is 0.416 e. The summed E-state index contributed by atoms with van der Waals surface area (Å²) >= 11 is 0. The van der Waals surface area contributed by atoms with E-state index in [0.717, 1.165) is 0 Å². The number of phenolic OH excluding ortho intramolecular Hbond substituents is 1. The van der Waals surface area contributed by atoms with E-state index in [2.05, 4.69) is 10.6 Å². The quantitative estimate of drug-likeness (QED) is 0.135. The number of rotatable bonds is 7. The van der Waals surface area contributed by atoms with Crippen molar-refractivity contribution in [3.05, 3.63) is 39.7 Å². The standard InChI is InChI=1S/C27H31F3N4O8/c1-4-5-32-9-15(35)33-14-8-12(27(28,29)30)11-6-10-7-13-19(34(2)3)22(38)18(25(31)41)24(40)26(13,42)23(39)16(10)21(37)17(11)20(14)36/h8,10,13,19,32,36-37,40,42H,4-7,9H2,1-3H3,(H2,31,41)(H,33,35)/t10-,13-,19-,26-/m0/s1. The molecule has 4 rings (SSSR count). The number of ketones is 2. The van der Waals surface area contributed by atoms with Gasteiger partial charge in [0.15, 0.2) is 11.4 Å². The van der Waals surface area contributed by atoms with Crippen LogP contribution in [0.5, 0.6) is 5.75 Å². The van der Waals surface area contributed by atoms with Crippen LogP contribution in [-0.2, 0) is 31.8 Å². The zero-order chi connectivity index (χ0) is 31.5. The first kappa shape index (κ1) is 31.0. The molecule has 0 spiro atoms. The van der Waals surface area contributed by atoms with E-state index in [1.165, 1.54) is 19.0 Å². The van der Waals surface area contributed by atoms with Gasteiger partial charge in [0, 0.05) is 11.5 Å². The fourth-order valence-electron chi connectivity index (χ4n) is 6.23. The van der Waals surface area contributed by atoms with E-state index < -0.39 is 110 Å². The Hall–Kier alpha value is -3.95. The summed E-state index contributed by atoms with van der Waals surface area (Å²) in [6.45, 7) is 1.99. The molecule has 1 aromatic carbocycles. The molecule has 0 saturated heterocycles. The summed E-state index contributed by atoms with van der Waals surface area (Å²) in [7, 11) is 2.81. The van der Waals surface area contributed by atoms with E-state index in [1.807, 2.05) is 6.92 Å². The SMILES string of the molecule is CCCNCC(=O)Nc1cc(C(F)(F)F)c2c(c1O)C(O)=C1C(=O)[C@]3(O)C(O)=C(C(N)=O)C(=O)[C@@H](N(C)C)[C@@H]3C[C@@H]1C2. The van der Waals surface area contributed by atoms with Gasteiger partial charge < -0.3 is 36.8 Å². The van der Waals surface area contributed by atoms with Crippen molar-refractivity contribution in [1.29, 1.82) is 0 Å². The third-order valence-corrected chi connectivity index (χ3v) is 8.01. The lowest BCUT2D eigenvalue weighted by Crippen LogP contribution is -2.65. The number of aliphatic hydroxyl groups excluding tert-OH is 2. The number of carbonyl (C=O) groups is 4. The smallest absolute Gasteiger partial charge is 0.416 e. The highest BCUT2D eigenvalue weighted by Crippen LogP contribution is 2.55. The molecule has 1 aromatic rings. The van der Waals surface area contributed by atoms with Crippen molar-refractivity contribution in [2.75, 3.05) is 32.5 Å². The summed E-state index contributed by atoms with van der Waals surface area (Å²) in [5, 5.41) is 49.6. The highest BCUT2D eigenvalue weighted by molar-refractivity contribution is 6.24. The molecule has 2 amide bonds. The summed E-state index contributed by atoms with van der Waals surface area (Å²) in [6, 6.07) is -0.845.